The van der Waals surface area contributed by atoms with E-state index in [2.05, 4.69) is 33.4 Å². The van der Waals surface area contributed by atoms with E-state index in [1.165, 1.54) is 25.1 Å². The second kappa shape index (κ2) is 5.31. The van der Waals surface area contributed by atoms with E-state index in [0.717, 1.165) is 30.1 Å². The molecule has 0 aromatic carbocycles. The van der Waals surface area contributed by atoms with Crippen LogP contribution in [0.15, 0.2) is 12.3 Å². The van der Waals surface area contributed by atoms with Crippen LogP contribution in [0.25, 0.3) is 0 Å². The third-order valence-corrected chi connectivity index (χ3v) is 5.03. The Morgan fingerprint density at radius 3 is 2.74 bits per heavy atom. The van der Waals surface area contributed by atoms with E-state index in [0.29, 0.717) is 0 Å². The molecule has 3 heterocycles. The SMILES string of the molecule is COc1ncc(CN2C3CC2CN(SC)C3)cc1C. The predicted molar refractivity (Wildman–Crippen MR) is 78.4 cm³/mol. The topological polar surface area (TPSA) is 28.6 Å². The lowest BCUT2D eigenvalue weighted by Crippen LogP contribution is -2.66. The maximum atomic E-state index is 5.21. The van der Waals surface area contributed by atoms with Crippen LogP contribution in [0.4, 0.5) is 0 Å². The summed E-state index contributed by atoms with van der Waals surface area (Å²) in [6.07, 6.45) is 5.48. The van der Waals surface area contributed by atoms with E-state index in [1.54, 1.807) is 7.11 Å². The average molecular weight is 279 g/mol. The van der Waals surface area contributed by atoms with Gasteiger partial charge in [-0.15, -0.1) is 0 Å². The summed E-state index contributed by atoms with van der Waals surface area (Å²) in [6.45, 7) is 5.47. The minimum atomic E-state index is 0.730. The molecule has 5 heteroatoms. The van der Waals surface area contributed by atoms with Crippen LogP contribution < -0.4 is 4.74 Å². The van der Waals surface area contributed by atoms with Gasteiger partial charge in [-0.25, -0.2) is 9.29 Å². The van der Waals surface area contributed by atoms with Crippen molar-refractivity contribution < 1.29 is 4.74 Å². The van der Waals surface area contributed by atoms with Gasteiger partial charge in [-0.3, -0.25) is 4.90 Å². The normalized spacial score (nSPS) is 27.1. The zero-order chi connectivity index (χ0) is 13.4. The van der Waals surface area contributed by atoms with Gasteiger partial charge in [-0.05, 0) is 31.2 Å². The number of hydrogen-bond donors (Lipinski definition) is 0. The van der Waals surface area contributed by atoms with Gasteiger partial charge >= 0.3 is 0 Å². The van der Waals surface area contributed by atoms with E-state index < -0.39 is 0 Å². The molecule has 0 aliphatic carbocycles. The van der Waals surface area contributed by atoms with Crippen molar-refractivity contribution in [2.24, 2.45) is 0 Å². The van der Waals surface area contributed by atoms with Crippen LogP contribution in [0, 0.1) is 6.92 Å². The summed E-state index contributed by atoms with van der Waals surface area (Å²) in [5.74, 6) is 0.737. The Labute approximate surface area is 119 Å². The lowest BCUT2D eigenvalue weighted by Gasteiger charge is -2.56. The van der Waals surface area contributed by atoms with Gasteiger partial charge in [0.15, 0.2) is 0 Å². The van der Waals surface area contributed by atoms with Gasteiger partial charge in [0, 0.05) is 43.5 Å². The van der Waals surface area contributed by atoms with Crippen LogP contribution in [0.1, 0.15) is 17.5 Å². The Bertz CT molecular complexity index is 456. The zero-order valence-electron chi connectivity index (χ0n) is 11.8. The van der Waals surface area contributed by atoms with Gasteiger partial charge in [0.2, 0.25) is 5.88 Å². The van der Waals surface area contributed by atoms with Crippen LogP contribution in [0.3, 0.4) is 0 Å². The molecule has 0 radical (unpaired) electrons. The lowest BCUT2D eigenvalue weighted by atomic mass is 9.88. The molecule has 3 rings (SSSR count). The van der Waals surface area contributed by atoms with Gasteiger partial charge < -0.3 is 4.74 Å². The predicted octanol–water partition coefficient (Wildman–Crippen LogP) is 1.94. The number of aromatic nitrogens is 1. The minimum Gasteiger partial charge on any atom is -0.481 e. The fourth-order valence-electron chi connectivity index (χ4n) is 3.19. The molecule has 2 aliphatic rings. The Morgan fingerprint density at radius 2 is 2.16 bits per heavy atom. The average Bonchev–Trinajstić information content (AvgIpc) is 2.45. The van der Waals surface area contributed by atoms with Crippen molar-refractivity contribution in [2.45, 2.75) is 32.0 Å². The maximum absolute atomic E-state index is 5.21. The number of ether oxygens (including phenoxy) is 1. The molecule has 2 bridgehead atoms. The highest BCUT2D eigenvalue weighted by Gasteiger charge is 2.44. The van der Waals surface area contributed by atoms with E-state index in [4.69, 9.17) is 4.74 Å². The van der Waals surface area contributed by atoms with Crippen molar-refractivity contribution in [3.8, 4) is 5.88 Å². The molecule has 2 fully saturated rings. The van der Waals surface area contributed by atoms with E-state index >= 15 is 0 Å². The minimum absolute atomic E-state index is 0.730. The Hall–Kier alpha value is -0.780. The molecule has 0 saturated carbocycles. The van der Waals surface area contributed by atoms with Crippen LogP contribution in [-0.4, -0.2) is 52.7 Å². The largest absolute Gasteiger partial charge is 0.481 e. The fourth-order valence-corrected chi connectivity index (χ4v) is 3.83. The Morgan fingerprint density at radius 1 is 1.42 bits per heavy atom. The standard InChI is InChI=1S/C14H21N3OS/c1-10-4-11(6-15-14(10)18-2)7-17-12-5-13(17)9-16(8-12)19-3/h4,6,12-13H,5,7-9H2,1-3H3. The first-order valence-corrected chi connectivity index (χ1v) is 7.93. The van der Waals surface area contributed by atoms with Crippen LogP contribution in [0.5, 0.6) is 5.88 Å². The molecule has 2 unspecified atom stereocenters. The summed E-state index contributed by atoms with van der Waals surface area (Å²) in [5.41, 5.74) is 2.42. The molecule has 0 amide bonds. The molecule has 0 spiro atoms. The molecule has 1 aromatic rings. The quantitative estimate of drug-likeness (QED) is 0.786. The molecule has 4 nitrogen and oxygen atoms in total. The van der Waals surface area contributed by atoms with Gasteiger partial charge in [0.05, 0.1) is 7.11 Å². The summed E-state index contributed by atoms with van der Waals surface area (Å²) in [4.78, 5) is 6.99. The third kappa shape index (κ3) is 2.47. The van der Waals surface area contributed by atoms with Gasteiger partial charge in [0.1, 0.15) is 0 Å². The Balaban J connectivity index is 1.65. The van der Waals surface area contributed by atoms with Crippen molar-refractivity contribution in [1.29, 1.82) is 0 Å². The van der Waals surface area contributed by atoms with Crippen molar-refractivity contribution in [2.75, 3.05) is 26.5 Å². The number of likely N-dealkylation sites (tertiary alicyclic amines) is 1. The van der Waals surface area contributed by atoms with Gasteiger partial charge in [-0.2, -0.15) is 0 Å². The zero-order valence-corrected chi connectivity index (χ0v) is 12.6. The summed E-state index contributed by atoms with van der Waals surface area (Å²) >= 11 is 1.87. The van der Waals surface area contributed by atoms with E-state index in [9.17, 15) is 0 Å². The number of piperidine rings is 1. The highest BCUT2D eigenvalue weighted by Crippen LogP contribution is 2.35. The summed E-state index contributed by atoms with van der Waals surface area (Å²) < 4.78 is 7.69. The molecule has 2 saturated heterocycles. The molecule has 0 N–H and O–H groups in total. The van der Waals surface area contributed by atoms with Crippen molar-refractivity contribution in [3.05, 3.63) is 23.4 Å². The lowest BCUT2D eigenvalue weighted by molar-refractivity contribution is -0.0470. The molecule has 19 heavy (non-hydrogen) atoms. The first-order chi connectivity index (χ1) is 9.21. The summed E-state index contributed by atoms with van der Waals surface area (Å²) in [5, 5.41) is 0. The van der Waals surface area contributed by atoms with E-state index in [-0.39, 0.29) is 0 Å². The molecule has 2 aliphatic heterocycles. The number of rotatable bonds is 4. The van der Waals surface area contributed by atoms with Gasteiger partial charge in [0.25, 0.3) is 0 Å². The van der Waals surface area contributed by atoms with Gasteiger partial charge in [-0.1, -0.05) is 11.9 Å². The number of aryl methyl sites for hydroxylation is 1. The second-order valence-electron chi connectivity index (χ2n) is 5.41. The first kappa shape index (κ1) is 13.2. The molecule has 104 valence electrons. The number of methoxy groups -OCH3 is 1. The van der Waals surface area contributed by atoms with E-state index in [1.807, 2.05) is 18.1 Å². The van der Waals surface area contributed by atoms with Crippen molar-refractivity contribution in [1.82, 2.24) is 14.2 Å². The summed E-state index contributed by atoms with van der Waals surface area (Å²) in [7, 11) is 1.67. The number of pyridine rings is 1. The number of piperazine rings is 1. The summed E-state index contributed by atoms with van der Waals surface area (Å²) in [6, 6.07) is 3.66. The highest BCUT2D eigenvalue weighted by molar-refractivity contribution is 7.96. The van der Waals surface area contributed by atoms with Crippen molar-refractivity contribution >= 4 is 11.9 Å². The highest BCUT2D eigenvalue weighted by atomic mass is 32.2. The molecule has 1 aromatic heterocycles. The number of hydrogen-bond acceptors (Lipinski definition) is 5. The monoisotopic (exact) mass is 279 g/mol. The molecular weight excluding hydrogens is 258 g/mol. The molecule has 2 atom stereocenters. The van der Waals surface area contributed by atoms with Crippen LogP contribution in [0.2, 0.25) is 0 Å². The van der Waals surface area contributed by atoms with Crippen molar-refractivity contribution in [3.63, 3.8) is 0 Å². The van der Waals surface area contributed by atoms with Crippen LogP contribution in [-0.2, 0) is 6.54 Å². The van der Waals surface area contributed by atoms with Crippen LogP contribution >= 0.6 is 11.9 Å². The second-order valence-corrected chi connectivity index (χ2v) is 6.30. The number of nitrogens with zero attached hydrogens (tertiary/aromatic N) is 3. The maximum Gasteiger partial charge on any atom is 0.215 e. The number of fused-ring (bicyclic) bond motifs is 2. The fraction of sp³-hybridized carbons (Fsp3) is 0.643. The molecular formula is C14H21N3OS. The third-order valence-electron chi connectivity index (χ3n) is 4.21. The smallest absolute Gasteiger partial charge is 0.215 e. The Kier molecular flexibility index (Phi) is 3.69. The first-order valence-electron chi connectivity index (χ1n) is 6.75.